The van der Waals surface area contributed by atoms with Crippen LogP contribution in [0.25, 0.3) is 0 Å². The monoisotopic (exact) mass is 207 g/mol. The van der Waals surface area contributed by atoms with Gasteiger partial charge in [0, 0.05) is 5.38 Å². The molecule has 0 aliphatic rings. The minimum absolute atomic E-state index is 0.410. The summed E-state index contributed by atoms with van der Waals surface area (Å²) in [4.78, 5) is 12.1. The van der Waals surface area contributed by atoms with Crippen molar-refractivity contribution in [1.82, 2.24) is 15.0 Å². The number of thiazole rings is 1. The van der Waals surface area contributed by atoms with Gasteiger partial charge in [-0.05, 0) is 0 Å². The van der Waals surface area contributed by atoms with E-state index >= 15 is 0 Å². The van der Waals surface area contributed by atoms with Gasteiger partial charge in [-0.15, -0.1) is 11.3 Å². The second kappa shape index (κ2) is 4.01. The summed E-state index contributed by atoms with van der Waals surface area (Å²) >= 11 is 1.57. The van der Waals surface area contributed by atoms with Crippen molar-refractivity contribution in [3.8, 4) is 0 Å². The molecular weight excluding hydrogens is 198 g/mol. The molecule has 2 aromatic heterocycles. The van der Waals surface area contributed by atoms with Crippen LogP contribution in [-0.2, 0) is 6.54 Å². The van der Waals surface area contributed by atoms with Crippen molar-refractivity contribution >= 4 is 23.0 Å². The van der Waals surface area contributed by atoms with Crippen molar-refractivity contribution in [3.05, 3.63) is 29.0 Å². The zero-order chi connectivity index (χ0) is 9.80. The van der Waals surface area contributed by atoms with E-state index in [1.165, 1.54) is 6.20 Å². The van der Waals surface area contributed by atoms with Crippen LogP contribution in [0, 0.1) is 0 Å². The summed E-state index contributed by atoms with van der Waals surface area (Å²) in [5, 5.41) is 5.06. The molecule has 0 aromatic carbocycles. The number of hydrogen-bond donors (Lipinski definition) is 2. The Kier molecular flexibility index (Phi) is 2.55. The predicted molar refractivity (Wildman–Crippen MR) is 55.9 cm³/mol. The lowest BCUT2D eigenvalue weighted by atomic mass is 10.5. The van der Waals surface area contributed by atoms with E-state index in [1.54, 1.807) is 23.0 Å². The highest BCUT2D eigenvalue weighted by molar-refractivity contribution is 7.07. The molecule has 0 aliphatic heterocycles. The predicted octanol–water partition coefficient (Wildman–Crippen LogP) is 1.13. The van der Waals surface area contributed by atoms with E-state index in [0.717, 1.165) is 5.69 Å². The van der Waals surface area contributed by atoms with Crippen molar-refractivity contribution in [2.75, 3.05) is 11.1 Å². The van der Waals surface area contributed by atoms with Gasteiger partial charge in [0.05, 0.1) is 30.1 Å². The maximum Gasteiger partial charge on any atom is 0.147 e. The highest BCUT2D eigenvalue weighted by Crippen LogP contribution is 2.06. The fourth-order valence-electron chi connectivity index (χ4n) is 0.972. The van der Waals surface area contributed by atoms with Crippen molar-refractivity contribution < 1.29 is 0 Å². The molecule has 2 rings (SSSR count). The molecule has 5 nitrogen and oxygen atoms in total. The summed E-state index contributed by atoms with van der Waals surface area (Å²) in [6.45, 7) is 0.641. The Morgan fingerprint density at radius 2 is 2.36 bits per heavy atom. The Bertz CT molecular complexity index is 400. The largest absolute Gasteiger partial charge is 0.382 e. The van der Waals surface area contributed by atoms with E-state index in [0.29, 0.717) is 18.2 Å². The van der Waals surface area contributed by atoms with Crippen molar-refractivity contribution in [3.63, 3.8) is 0 Å². The second-order valence-electron chi connectivity index (χ2n) is 2.66. The van der Waals surface area contributed by atoms with Gasteiger partial charge in [0.15, 0.2) is 0 Å². The molecule has 0 unspecified atom stereocenters. The molecule has 2 heterocycles. The van der Waals surface area contributed by atoms with Crippen LogP contribution in [0.3, 0.4) is 0 Å². The summed E-state index contributed by atoms with van der Waals surface area (Å²) in [5.74, 6) is 1.08. The van der Waals surface area contributed by atoms with Crippen molar-refractivity contribution in [1.29, 1.82) is 0 Å². The topological polar surface area (TPSA) is 76.7 Å². The van der Waals surface area contributed by atoms with E-state index in [9.17, 15) is 0 Å². The van der Waals surface area contributed by atoms with Gasteiger partial charge in [0.2, 0.25) is 0 Å². The molecule has 0 fully saturated rings. The van der Waals surface area contributed by atoms with E-state index < -0.39 is 0 Å². The van der Waals surface area contributed by atoms with Crippen LogP contribution in [0.2, 0.25) is 0 Å². The Balaban J connectivity index is 1.98. The van der Waals surface area contributed by atoms with E-state index in [2.05, 4.69) is 20.3 Å². The molecule has 6 heteroatoms. The number of anilines is 2. The number of hydrogen-bond acceptors (Lipinski definition) is 6. The summed E-state index contributed by atoms with van der Waals surface area (Å²) in [7, 11) is 0. The number of rotatable bonds is 3. The number of nitrogen functional groups attached to an aromatic ring is 1. The van der Waals surface area contributed by atoms with Gasteiger partial charge in [-0.3, -0.25) is 4.98 Å². The van der Waals surface area contributed by atoms with Crippen LogP contribution in [0.15, 0.2) is 23.3 Å². The Hall–Kier alpha value is -1.69. The highest BCUT2D eigenvalue weighted by Gasteiger charge is 1.97. The van der Waals surface area contributed by atoms with Gasteiger partial charge in [-0.2, -0.15) is 0 Å². The average molecular weight is 207 g/mol. The highest BCUT2D eigenvalue weighted by atomic mass is 32.1. The van der Waals surface area contributed by atoms with Crippen LogP contribution in [0.4, 0.5) is 11.6 Å². The lowest BCUT2D eigenvalue weighted by Crippen LogP contribution is -2.03. The van der Waals surface area contributed by atoms with Crippen LogP contribution >= 0.6 is 11.3 Å². The Morgan fingerprint density at radius 1 is 1.43 bits per heavy atom. The van der Waals surface area contributed by atoms with Gasteiger partial charge >= 0.3 is 0 Å². The number of nitrogens with zero attached hydrogens (tertiary/aromatic N) is 3. The molecule has 0 aliphatic carbocycles. The van der Waals surface area contributed by atoms with E-state index in [1.807, 2.05) is 5.38 Å². The zero-order valence-electron chi connectivity index (χ0n) is 7.34. The third-order valence-corrected chi connectivity index (χ3v) is 2.22. The molecule has 2 aromatic rings. The third-order valence-electron chi connectivity index (χ3n) is 1.59. The molecule has 0 bridgehead atoms. The maximum atomic E-state index is 5.48. The Morgan fingerprint density at radius 3 is 3.07 bits per heavy atom. The second-order valence-corrected chi connectivity index (χ2v) is 3.38. The molecule has 0 atom stereocenters. The molecule has 0 radical (unpaired) electrons. The van der Waals surface area contributed by atoms with Gasteiger partial charge in [0.25, 0.3) is 0 Å². The molecule has 0 saturated carbocycles. The van der Waals surface area contributed by atoms with Crippen molar-refractivity contribution in [2.24, 2.45) is 0 Å². The van der Waals surface area contributed by atoms with Crippen LogP contribution in [0.1, 0.15) is 5.69 Å². The van der Waals surface area contributed by atoms with Crippen LogP contribution in [-0.4, -0.2) is 15.0 Å². The van der Waals surface area contributed by atoms with Gasteiger partial charge in [-0.1, -0.05) is 0 Å². The summed E-state index contributed by atoms with van der Waals surface area (Å²) in [6.07, 6.45) is 3.14. The summed E-state index contributed by atoms with van der Waals surface area (Å²) in [6, 6.07) is 0. The first kappa shape index (κ1) is 8.89. The summed E-state index contributed by atoms with van der Waals surface area (Å²) < 4.78 is 0. The number of nitrogens with one attached hydrogen (secondary N) is 1. The quantitative estimate of drug-likeness (QED) is 0.788. The minimum Gasteiger partial charge on any atom is -0.382 e. The van der Waals surface area contributed by atoms with E-state index in [-0.39, 0.29) is 0 Å². The Labute approximate surface area is 85.0 Å². The first-order valence-corrected chi connectivity index (χ1v) is 4.97. The van der Waals surface area contributed by atoms with Crippen LogP contribution in [0.5, 0.6) is 0 Å². The van der Waals surface area contributed by atoms with Crippen LogP contribution < -0.4 is 11.1 Å². The first-order chi connectivity index (χ1) is 6.84. The molecule has 14 heavy (non-hydrogen) atoms. The molecule has 0 saturated heterocycles. The molecule has 72 valence electrons. The SMILES string of the molecule is Nc1cncc(NCc2cscn2)n1. The fraction of sp³-hybridized carbons (Fsp3) is 0.125. The minimum atomic E-state index is 0.410. The lowest BCUT2D eigenvalue weighted by molar-refractivity contribution is 1.04. The summed E-state index contributed by atoms with van der Waals surface area (Å²) in [5.41, 5.74) is 8.26. The molecule has 3 N–H and O–H groups in total. The average Bonchev–Trinajstić information content (AvgIpc) is 2.67. The standard InChI is InChI=1S/C8H9N5S/c9-7-2-10-3-8(13-7)11-1-6-4-14-5-12-6/h2-5H,1H2,(H3,9,11,13). The third kappa shape index (κ3) is 2.17. The maximum absolute atomic E-state index is 5.48. The molecular formula is C8H9N5S. The van der Waals surface area contributed by atoms with Gasteiger partial charge < -0.3 is 11.1 Å². The fourth-order valence-corrected chi connectivity index (χ4v) is 1.53. The van der Waals surface area contributed by atoms with Gasteiger partial charge in [-0.25, -0.2) is 9.97 Å². The lowest BCUT2D eigenvalue weighted by Gasteiger charge is -2.02. The first-order valence-electron chi connectivity index (χ1n) is 4.03. The smallest absolute Gasteiger partial charge is 0.147 e. The number of aromatic nitrogens is 3. The normalized spacial score (nSPS) is 10.0. The number of nitrogens with two attached hydrogens (primary N) is 1. The van der Waals surface area contributed by atoms with E-state index in [4.69, 9.17) is 5.73 Å². The van der Waals surface area contributed by atoms with Gasteiger partial charge in [0.1, 0.15) is 11.6 Å². The zero-order valence-corrected chi connectivity index (χ0v) is 8.16. The molecule has 0 amide bonds. The van der Waals surface area contributed by atoms with Crippen molar-refractivity contribution in [2.45, 2.75) is 6.54 Å². The molecule has 0 spiro atoms.